The van der Waals surface area contributed by atoms with Crippen LogP contribution in [0.1, 0.15) is 46.7 Å². The normalized spacial score (nSPS) is 10.6. The largest absolute Gasteiger partial charge is 0.493 e. The zero-order valence-corrected chi connectivity index (χ0v) is 32.5. The predicted molar refractivity (Wildman–Crippen MR) is 190 cm³/mol. The Morgan fingerprint density at radius 2 is 1.24 bits per heavy atom. The van der Waals surface area contributed by atoms with Crippen LogP contribution in [0.15, 0.2) is 62.1 Å². The van der Waals surface area contributed by atoms with E-state index in [2.05, 4.69) is 64.8 Å². The van der Waals surface area contributed by atoms with Crippen LogP contribution in [0.4, 0.5) is 0 Å². The number of allylic oxidation sites excluding steroid dienone is 1. The molecule has 16 heteroatoms. The van der Waals surface area contributed by atoms with E-state index in [-0.39, 0.29) is 30.4 Å². The number of carbonyl (C=O) groups is 2. The van der Waals surface area contributed by atoms with Gasteiger partial charge in [-0.05, 0) is 86.7 Å². The van der Waals surface area contributed by atoms with Crippen molar-refractivity contribution in [2.24, 2.45) is 4.99 Å². The Kier molecular flexibility index (Phi) is 23.6. The number of benzene rings is 2. The van der Waals surface area contributed by atoms with Gasteiger partial charge < -0.3 is 18.9 Å². The molecule has 3 aromatic rings. The molecule has 0 radical (unpaired) electrons. The molecule has 264 valence electrons. The first kappa shape index (κ1) is 44.8. The van der Waals surface area contributed by atoms with Gasteiger partial charge in [-0.1, -0.05) is 29.8 Å². The standard InChI is InChI=1S/C15H17BrN2O3.C10H11BrO3.C6H8BrN.2CO2/c1-4-12-11(16)8-17-18(12)9-13(19)10-5-6-14(20-2)15(7-10)21-3;1-13-9-4-3-7(8(12)6-11)5-10(9)14-2;1-2-5-3-8-4-6(5)7;2*2-1-3/h5-8H,4,9H2,1-3H3;3-5H,6H2,1-2H3;4H,2-3H2,1H3;;. The van der Waals surface area contributed by atoms with E-state index in [1.54, 1.807) is 75.7 Å². The highest BCUT2D eigenvalue weighted by atomic mass is 79.9. The van der Waals surface area contributed by atoms with Crippen LogP contribution in [-0.4, -0.2) is 80.2 Å². The molecule has 13 nitrogen and oxygen atoms in total. The molecule has 0 saturated carbocycles. The van der Waals surface area contributed by atoms with E-state index in [0.717, 1.165) is 29.6 Å². The Morgan fingerprint density at radius 3 is 1.59 bits per heavy atom. The molecule has 0 N–H and O–H groups in total. The molecule has 0 fully saturated rings. The van der Waals surface area contributed by atoms with E-state index in [0.29, 0.717) is 39.5 Å². The minimum Gasteiger partial charge on any atom is -0.493 e. The fourth-order valence-electron chi connectivity index (χ4n) is 3.88. The number of ether oxygens (including phenoxy) is 4. The van der Waals surface area contributed by atoms with Crippen molar-refractivity contribution in [2.75, 3.05) is 40.3 Å². The van der Waals surface area contributed by atoms with Crippen molar-refractivity contribution in [3.05, 3.63) is 73.9 Å². The number of halogens is 3. The van der Waals surface area contributed by atoms with Gasteiger partial charge in [-0.25, -0.2) is 0 Å². The molecule has 0 unspecified atom stereocenters. The molecule has 49 heavy (non-hydrogen) atoms. The fraction of sp³-hybridized carbons (Fsp3) is 0.333. The van der Waals surface area contributed by atoms with Gasteiger partial charge in [0.1, 0.15) is 6.54 Å². The third-order valence-electron chi connectivity index (χ3n) is 6.31. The third kappa shape index (κ3) is 15.3. The number of aliphatic imine (C=N–C) groups is 1. The molecular weight excluding hydrogens is 838 g/mol. The number of hydrogen-bond donors (Lipinski definition) is 0. The second-order valence-electron chi connectivity index (χ2n) is 9.01. The summed E-state index contributed by atoms with van der Waals surface area (Å²) in [6.45, 7) is 5.27. The summed E-state index contributed by atoms with van der Waals surface area (Å²) < 4.78 is 24.3. The summed E-state index contributed by atoms with van der Waals surface area (Å²) in [6, 6.07) is 10.2. The first-order valence-electron chi connectivity index (χ1n) is 14.1. The average Bonchev–Trinajstić information content (AvgIpc) is 3.71. The molecule has 1 aliphatic heterocycles. The zero-order valence-electron chi connectivity index (χ0n) is 27.7. The lowest BCUT2D eigenvalue weighted by atomic mass is 10.1. The third-order valence-corrected chi connectivity index (χ3v) is 8.25. The number of ketones is 2. The number of carbonyl (C=O) groups excluding carboxylic acids is 6. The number of alkyl halides is 1. The molecule has 0 atom stereocenters. The molecule has 1 aliphatic rings. The first-order valence-corrected chi connectivity index (χ1v) is 16.8. The summed E-state index contributed by atoms with van der Waals surface area (Å²) in [6.07, 6.45) is 6.00. The van der Waals surface area contributed by atoms with Crippen LogP contribution in [0, 0.1) is 0 Å². The Balaban J connectivity index is 0.000000705. The van der Waals surface area contributed by atoms with Gasteiger partial charge in [0.05, 0.1) is 56.7 Å². The molecule has 0 bridgehead atoms. The molecule has 0 saturated heterocycles. The van der Waals surface area contributed by atoms with Crippen LogP contribution in [0.2, 0.25) is 0 Å². The molecule has 2 aromatic carbocycles. The molecule has 0 amide bonds. The number of Topliss-reactive ketones (excluding diaryl/α,β-unsaturated/α-hetero) is 2. The predicted octanol–water partition coefficient (Wildman–Crippen LogP) is 6.35. The number of nitrogens with zero attached hydrogens (tertiary/aromatic N) is 3. The Labute approximate surface area is 309 Å². The Hall–Kier alpha value is -4.20. The van der Waals surface area contributed by atoms with E-state index >= 15 is 0 Å². The van der Waals surface area contributed by atoms with E-state index in [1.807, 2.05) is 13.1 Å². The SMILES string of the molecule is CCC1=C(Br)C=NC1.CCc1c(Br)cnn1CC(=O)c1ccc(OC)c(OC)c1.COc1ccc(C(=O)CBr)cc1OC.O=C=O.O=C=O. The molecule has 0 spiro atoms. The van der Waals surface area contributed by atoms with Crippen molar-refractivity contribution >= 4 is 77.9 Å². The maximum Gasteiger partial charge on any atom is 0.373 e. The van der Waals surface area contributed by atoms with Gasteiger partial charge in [0, 0.05) is 21.8 Å². The van der Waals surface area contributed by atoms with Crippen LogP contribution < -0.4 is 18.9 Å². The first-order chi connectivity index (χ1) is 23.5. The number of hydrogen-bond acceptors (Lipinski definition) is 12. The van der Waals surface area contributed by atoms with Crippen LogP contribution >= 0.6 is 47.8 Å². The summed E-state index contributed by atoms with van der Waals surface area (Å²) in [7, 11) is 6.21. The van der Waals surface area contributed by atoms with Crippen molar-refractivity contribution in [2.45, 2.75) is 33.2 Å². The molecular formula is C33H36Br3N3O10. The number of methoxy groups -OCH3 is 4. The number of rotatable bonds is 11. The van der Waals surface area contributed by atoms with Gasteiger partial charge in [-0.2, -0.15) is 24.3 Å². The van der Waals surface area contributed by atoms with E-state index in [9.17, 15) is 9.59 Å². The van der Waals surface area contributed by atoms with E-state index < -0.39 is 0 Å². The maximum atomic E-state index is 12.4. The monoisotopic (exact) mass is 871 g/mol. The minimum atomic E-state index is -0.0266. The summed E-state index contributed by atoms with van der Waals surface area (Å²) in [5.41, 5.74) is 3.59. The van der Waals surface area contributed by atoms with E-state index in [4.69, 9.17) is 38.1 Å². The molecule has 2 heterocycles. The fourth-order valence-corrected chi connectivity index (χ4v) is 5.33. The minimum absolute atomic E-state index is 0.0194. The van der Waals surface area contributed by atoms with Crippen LogP contribution in [0.25, 0.3) is 0 Å². The smallest absolute Gasteiger partial charge is 0.373 e. The summed E-state index contributed by atoms with van der Waals surface area (Å²) >= 11 is 9.94. The molecule has 4 rings (SSSR count). The van der Waals surface area contributed by atoms with Gasteiger partial charge in [0.15, 0.2) is 34.6 Å². The highest BCUT2D eigenvalue weighted by Crippen LogP contribution is 2.29. The topological polar surface area (TPSA) is 170 Å². The van der Waals surface area contributed by atoms with Gasteiger partial charge in [-0.15, -0.1) is 0 Å². The summed E-state index contributed by atoms with van der Waals surface area (Å²) in [5, 5.41) is 4.53. The highest BCUT2D eigenvalue weighted by Gasteiger charge is 2.15. The van der Waals surface area contributed by atoms with Crippen molar-refractivity contribution in [1.29, 1.82) is 0 Å². The number of aromatic nitrogens is 2. The second-order valence-corrected chi connectivity index (χ2v) is 11.3. The average molecular weight is 874 g/mol. The summed E-state index contributed by atoms with van der Waals surface area (Å²) in [5.74, 6) is 2.33. The zero-order chi connectivity index (χ0) is 37.4. The van der Waals surface area contributed by atoms with Gasteiger partial charge in [0.2, 0.25) is 0 Å². The van der Waals surface area contributed by atoms with Crippen LogP contribution in [0.5, 0.6) is 23.0 Å². The molecule has 0 aliphatic carbocycles. The van der Waals surface area contributed by atoms with Crippen molar-refractivity contribution in [3.63, 3.8) is 0 Å². The highest BCUT2D eigenvalue weighted by molar-refractivity contribution is 9.12. The Bertz CT molecular complexity index is 1630. The van der Waals surface area contributed by atoms with Gasteiger partial charge in [0.25, 0.3) is 0 Å². The molecule has 1 aromatic heterocycles. The second kappa shape index (κ2) is 25.8. The van der Waals surface area contributed by atoms with Crippen LogP contribution in [-0.2, 0) is 32.1 Å². The van der Waals surface area contributed by atoms with E-state index in [1.165, 1.54) is 10.1 Å². The lowest BCUT2D eigenvalue weighted by molar-refractivity contribution is -0.193. The van der Waals surface area contributed by atoms with Crippen molar-refractivity contribution in [1.82, 2.24) is 9.78 Å². The van der Waals surface area contributed by atoms with Gasteiger partial charge in [-0.3, -0.25) is 19.3 Å². The van der Waals surface area contributed by atoms with Crippen molar-refractivity contribution in [3.8, 4) is 23.0 Å². The lowest BCUT2D eigenvalue weighted by Gasteiger charge is -2.10. The Morgan fingerprint density at radius 1 is 0.776 bits per heavy atom. The van der Waals surface area contributed by atoms with Crippen molar-refractivity contribution < 1.29 is 47.7 Å². The quantitative estimate of drug-likeness (QED) is 0.155. The lowest BCUT2D eigenvalue weighted by Crippen LogP contribution is -2.14. The van der Waals surface area contributed by atoms with Gasteiger partial charge >= 0.3 is 12.3 Å². The summed E-state index contributed by atoms with van der Waals surface area (Å²) in [4.78, 5) is 60.3. The van der Waals surface area contributed by atoms with Crippen LogP contribution in [0.3, 0.4) is 0 Å². The maximum absolute atomic E-state index is 12.4.